The Morgan fingerprint density at radius 2 is 2.15 bits per heavy atom. The number of hydrogen-bond acceptors (Lipinski definition) is 5. The Kier molecular flexibility index (Phi) is 5.75. The molecule has 1 aromatic heterocycles. The minimum Gasteiger partial charge on any atom is -0.497 e. The second-order valence-electron chi connectivity index (χ2n) is 6.18. The maximum atomic E-state index is 12.5. The molecule has 7 nitrogen and oxygen atoms in total. The van der Waals surface area contributed by atoms with E-state index in [2.05, 4.69) is 16.0 Å². The Labute approximate surface area is 155 Å². The topological polar surface area (TPSA) is 105 Å². The van der Waals surface area contributed by atoms with Crippen molar-refractivity contribution < 1.29 is 14.3 Å². The summed E-state index contributed by atoms with van der Waals surface area (Å²) in [6, 6.07) is 8.84. The molecule has 1 aliphatic heterocycles. The number of carbonyl (C=O) groups excluding carboxylic acids is 2. The molecule has 3 amide bonds. The van der Waals surface area contributed by atoms with E-state index in [1.54, 1.807) is 13.2 Å². The number of thiophene rings is 1. The lowest BCUT2D eigenvalue weighted by atomic mass is 9.85. The van der Waals surface area contributed by atoms with E-state index in [0.29, 0.717) is 18.5 Å². The molecule has 2 aromatic rings. The molecule has 1 aliphatic rings. The van der Waals surface area contributed by atoms with Crippen molar-refractivity contribution >= 4 is 23.3 Å². The summed E-state index contributed by atoms with van der Waals surface area (Å²) in [6.07, 6.45) is 0.239. The minimum absolute atomic E-state index is 0.0404. The first kappa shape index (κ1) is 18.2. The summed E-state index contributed by atoms with van der Waals surface area (Å²) in [5, 5.41) is 12.7. The van der Waals surface area contributed by atoms with E-state index in [1.165, 1.54) is 11.3 Å². The van der Waals surface area contributed by atoms with Crippen molar-refractivity contribution in [2.45, 2.75) is 24.5 Å². The van der Waals surface area contributed by atoms with Gasteiger partial charge in [0.05, 0.1) is 13.3 Å². The second kappa shape index (κ2) is 8.20. The van der Waals surface area contributed by atoms with Gasteiger partial charge < -0.3 is 21.1 Å². The SMILES string of the molecule is COc1cccc(C2CNC(NC(N)=O)CC2NC(=O)c2ccsc2)c1. The number of urea groups is 1. The Balaban J connectivity index is 1.81. The fourth-order valence-corrected chi connectivity index (χ4v) is 3.86. The smallest absolute Gasteiger partial charge is 0.313 e. The molecular formula is C18H22N4O3S. The molecule has 0 radical (unpaired) electrons. The summed E-state index contributed by atoms with van der Waals surface area (Å²) >= 11 is 1.48. The third-order valence-electron chi connectivity index (χ3n) is 4.50. The maximum absolute atomic E-state index is 12.5. The van der Waals surface area contributed by atoms with E-state index in [4.69, 9.17) is 10.5 Å². The number of amides is 3. The Hall–Kier alpha value is -2.58. The van der Waals surface area contributed by atoms with Gasteiger partial charge in [-0.15, -0.1) is 0 Å². The quantitative estimate of drug-likeness (QED) is 0.638. The normalized spacial score (nSPS) is 22.4. The highest BCUT2D eigenvalue weighted by molar-refractivity contribution is 7.08. The predicted molar refractivity (Wildman–Crippen MR) is 100 cm³/mol. The van der Waals surface area contributed by atoms with Gasteiger partial charge in [0.1, 0.15) is 5.75 Å². The first-order valence-corrected chi connectivity index (χ1v) is 9.27. The number of methoxy groups -OCH3 is 1. The molecule has 0 saturated carbocycles. The van der Waals surface area contributed by atoms with Crippen LogP contribution in [0.1, 0.15) is 28.3 Å². The number of ether oxygens (including phenoxy) is 1. The molecule has 0 bridgehead atoms. The zero-order valence-corrected chi connectivity index (χ0v) is 15.2. The lowest BCUT2D eigenvalue weighted by molar-refractivity contribution is 0.0915. The van der Waals surface area contributed by atoms with Gasteiger partial charge in [-0.3, -0.25) is 10.1 Å². The molecule has 26 heavy (non-hydrogen) atoms. The number of piperidine rings is 1. The number of benzene rings is 1. The van der Waals surface area contributed by atoms with Crippen LogP contribution in [-0.4, -0.2) is 37.8 Å². The van der Waals surface area contributed by atoms with Gasteiger partial charge in [0.2, 0.25) is 0 Å². The van der Waals surface area contributed by atoms with E-state index < -0.39 is 6.03 Å². The van der Waals surface area contributed by atoms with Crippen LogP contribution in [0.2, 0.25) is 0 Å². The fourth-order valence-electron chi connectivity index (χ4n) is 3.22. The van der Waals surface area contributed by atoms with E-state index in [-0.39, 0.29) is 24.0 Å². The summed E-state index contributed by atoms with van der Waals surface area (Å²) in [7, 11) is 1.63. The summed E-state index contributed by atoms with van der Waals surface area (Å²) < 4.78 is 5.31. The monoisotopic (exact) mass is 374 g/mol. The number of carbonyl (C=O) groups is 2. The highest BCUT2D eigenvalue weighted by Gasteiger charge is 2.33. The minimum atomic E-state index is -0.592. The van der Waals surface area contributed by atoms with Gasteiger partial charge in [-0.1, -0.05) is 12.1 Å². The summed E-state index contributed by atoms with van der Waals surface area (Å²) in [5.74, 6) is 0.685. The van der Waals surface area contributed by atoms with Crippen LogP contribution in [0.5, 0.6) is 5.75 Å². The highest BCUT2D eigenvalue weighted by atomic mass is 32.1. The van der Waals surface area contributed by atoms with E-state index in [0.717, 1.165) is 11.3 Å². The molecular weight excluding hydrogens is 352 g/mol. The van der Waals surface area contributed by atoms with Crippen molar-refractivity contribution in [2.75, 3.05) is 13.7 Å². The molecule has 3 rings (SSSR count). The largest absolute Gasteiger partial charge is 0.497 e. The molecule has 0 aliphatic carbocycles. The van der Waals surface area contributed by atoms with Gasteiger partial charge in [-0.05, 0) is 29.1 Å². The molecule has 3 unspecified atom stereocenters. The molecule has 1 fully saturated rings. The van der Waals surface area contributed by atoms with Crippen molar-refractivity contribution in [1.29, 1.82) is 0 Å². The van der Waals surface area contributed by atoms with Crippen LogP contribution < -0.4 is 26.4 Å². The molecule has 8 heteroatoms. The predicted octanol–water partition coefficient (Wildman–Crippen LogP) is 1.63. The third-order valence-corrected chi connectivity index (χ3v) is 5.18. The zero-order chi connectivity index (χ0) is 18.5. The van der Waals surface area contributed by atoms with Gasteiger partial charge in [-0.25, -0.2) is 4.79 Å². The second-order valence-corrected chi connectivity index (χ2v) is 6.96. The van der Waals surface area contributed by atoms with Crippen LogP contribution in [0.3, 0.4) is 0 Å². The van der Waals surface area contributed by atoms with Crippen LogP contribution in [0.4, 0.5) is 4.79 Å². The van der Waals surface area contributed by atoms with Crippen molar-refractivity contribution in [3.63, 3.8) is 0 Å². The highest BCUT2D eigenvalue weighted by Crippen LogP contribution is 2.28. The summed E-state index contributed by atoms with van der Waals surface area (Å²) in [4.78, 5) is 23.7. The van der Waals surface area contributed by atoms with Crippen molar-refractivity contribution in [2.24, 2.45) is 5.73 Å². The molecule has 138 valence electrons. The van der Waals surface area contributed by atoms with Crippen molar-refractivity contribution in [3.05, 3.63) is 52.2 Å². The van der Waals surface area contributed by atoms with Crippen LogP contribution in [0.25, 0.3) is 0 Å². The first-order valence-electron chi connectivity index (χ1n) is 8.33. The standard InChI is InChI=1S/C18H22N4O3S/c1-25-13-4-2-3-11(7-13)14-9-20-16(22-18(19)24)8-15(14)21-17(23)12-5-6-26-10-12/h2-7,10,14-16,20H,8-9H2,1H3,(H,21,23)(H3,19,22,24). The maximum Gasteiger partial charge on any atom is 0.313 e. The average Bonchev–Trinajstić information content (AvgIpc) is 3.16. The summed E-state index contributed by atoms with van der Waals surface area (Å²) in [6.45, 7) is 0.590. The molecule has 1 aromatic carbocycles. The number of nitrogens with one attached hydrogen (secondary N) is 3. The van der Waals surface area contributed by atoms with Crippen LogP contribution in [0.15, 0.2) is 41.1 Å². The number of nitrogens with two attached hydrogens (primary N) is 1. The van der Waals surface area contributed by atoms with Crippen molar-refractivity contribution in [1.82, 2.24) is 16.0 Å². The van der Waals surface area contributed by atoms with Crippen molar-refractivity contribution in [3.8, 4) is 5.75 Å². The molecule has 3 atom stereocenters. The lowest BCUT2D eigenvalue weighted by Gasteiger charge is -2.37. The number of primary amides is 1. The van der Waals surface area contributed by atoms with E-state index in [1.807, 2.05) is 35.0 Å². The zero-order valence-electron chi connectivity index (χ0n) is 14.4. The Bertz CT molecular complexity index is 766. The van der Waals surface area contributed by atoms with E-state index in [9.17, 15) is 9.59 Å². The average molecular weight is 374 g/mol. The molecule has 0 spiro atoms. The third kappa shape index (κ3) is 4.33. The molecule has 2 heterocycles. The number of hydrogen-bond donors (Lipinski definition) is 4. The fraction of sp³-hybridized carbons (Fsp3) is 0.333. The summed E-state index contributed by atoms with van der Waals surface area (Å²) in [5.41, 5.74) is 6.93. The first-order chi connectivity index (χ1) is 12.6. The van der Waals surface area contributed by atoms with E-state index >= 15 is 0 Å². The molecule has 5 N–H and O–H groups in total. The van der Waals surface area contributed by atoms with Gasteiger partial charge in [0.15, 0.2) is 0 Å². The molecule has 1 saturated heterocycles. The van der Waals surface area contributed by atoms with Gasteiger partial charge in [0.25, 0.3) is 5.91 Å². The lowest BCUT2D eigenvalue weighted by Crippen LogP contribution is -2.58. The number of rotatable bonds is 5. The Morgan fingerprint density at radius 1 is 1.31 bits per heavy atom. The Morgan fingerprint density at radius 3 is 2.85 bits per heavy atom. The van der Waals surface area contributed by atoms with Crippen LogP contribution in [-0.2, 0) is 0 Å². The van der Waals surface area contributed by atoms with Gasteiger partial charge in [-0.2, -0.15) is 11.3 Å². The van der Waals surface area contributed by atoms with Crippen LogP contribution >= 0.6 is 11.3 Å². The van der Waals surface area contributed by atoms with Gasteiger partial charge in [0, 0.05) is 35.9 Å². The van der Waals surface area contributed by atoms with Crippen LogP contribution in [0, 0.1) is 0 Å². The van der Waals surface area contributed by atoms with Gasteiger partial charge >= 0.3 is 6.03 Å².